The number of rotatable bonds is 4. The van der Waals surface area contributed by atoms with Gasteiger partial charge in [0.05, 0.1) is 5.56 Å². The molecule has 5 nitrogen and oxygen atoms in total. The summed E-state index contributed by atoms with van der Waals surface area (Å²) in [6.45, 7) is 2.07. The average Bonchev–Trinajstić information content (AvgIpc) is 2.62. The lowest BCUT2D eigenvalue weighted by Crippen LogP contribution is -2.40. The van der Waals surface area contributed by atoms with Crippen molar-refractivity contribution in [2.45, 2.75) is 12.8 Å². The van der Waals surface area contributed by atoms with Crippen LogP contribution in [0.3, 0.4) is 0 Å². The number of anilines is 2. The fraction of sp³-hybridized carbons (Fsp3) is 0.333. The van der Waals surface area contributed by atoms with Crippen molar-refractivity contribution in [2.75, 3.05) is 25.0 Å². The second kappa shape index (κ2) is 7.40. The van der Waals surface area contributed by atoms with Crippen molar-refractivity contribution in [1.29, 1.82) is 0 Å². The van der Waals surface area contributed by atoms with Gasteiger partial charge in [0.2, 0.25) is 0 Å². The molecule has 0 bridgehead atoms. The Morgan fingerprint density at radius 2 is 2.08 bits per heavy atom. The number of nitrogens with one attached hydrogen (secondary N) is 1. The minimum atomic E-state index is -0.340. The van der Waals surface area contributed by atoms with E-state index < -0.39 is 0 Å². The molecular weight excluding hydrogens is 307 g/mol. The van der Waals surface area contributed by atoms with Crippen molar-refractivity contribution >= 4 is 17.4 Å². The van der Waals surface area contributed by atoms with E-state index in [1.165, 1.54) is 12.1 Å². The number of nitrogens with two attached hydrogens (primary N) is 1. The van der Waals surface area contributed by atoms with Crippen molar-refractivity contribution in [2.24, 2.45) is 11.7 Å². The standard InChI is InChI=1S/C18H21FN4O/c19-14-3-1-4-15(11-14)22-17-16(5-2-8-21-17)18(24)23-9-6-13(12-20)7-10-23/h1-5,8,11,13H,6-7,9-10,12,20H2,(H,21,22). The molecule has 6 heteroatoms. The fourth-order valence-corrected chi connectivity index (χ4v) is 2.92. The summed E-state index contributed by atoms with van der Waals surface area (Å²) in [6, 6.07) is 9.56. The van der Waals surface area contributed by atoms with Crippen LogP contribution in [0.5, 0.6) is 0 Å². The highest BCUT2D eigenvalue weighted by molar-refractivity contribution is 5.99. The number of piperidine rings is 1. The minimum Gasteiger partial charge on any atom is -0.339 e. The molecule has 1 aliphatic heterocycles. The van der Waals surface area contributed by atoms with Crippen LogP contribution in [0.1, 0.15) is 23.2 Å². The van der Waals surface area contributed by atoms with Crippen LogP contribution in [0, 0.1) is 11.7 Å². The zero-order valence-corrected chi connectivity index (χ0v) is 13.4. The molecule has 1 aromatic carbocycles. The summed E-state index contributed by atoms with van der Waals surface area (Å²) in [5.74, 6) is 0.534. The first-order valence-corrected chi connectivity index (χ1v) is 8.14. The molecule has 1 saturated heterocycles. The quantitative estimate of drug-likeness (QED) is 0.905. The average molecular weight is 328 g/mol. The molecule has 1 aromatic heterocycles. The molecule has 2 heterocycles. The van der Waals surface area contributed by atoms with E-state index in [0.29, 0.717) is 42.6 Å². The van der Waals surface area contributed by atoms with Crippen LogP contribution < -0.4 is 11.1 Å². The summed E-state index contributed by atoms with van der Waals surface area (Å²) in [7, 11) is 0. The Morgan fingerprint density at radius 3 is 2.79 bits per heavy atom. The molecule has 1 aliphatic rings. The first-order valence-electron chi connectivity index (χ1n) is 8.14. The molecule has 3 N–H and O–H groups in total. The monoisotopic (exact) mass is 328 g/mol. The highest BCUT2D eigenvalue weighted by atomic mass is 19.1. The normalized spacial score (nSPS) is 15.3. The molecule has 0 unspecified atom stereocenters. The number of carbonyl (C=O) groups is 1. The molecule has 2 aromatic rings. The second-order valence-corrected chi connectivity index (χ2v) is 6.01. The van der Waals surface area contributed by atoms with Gasteiger partial charge in [-0.15, -0.1) is 0 Å². The third-order valence-electron chi connectivity index (χ3n) is 4.36. The van der Waals surface area contributed by atoms with E-state index in [9.17, 15) is 9.18 Å². The molecular formula is C18H21FN4O. The molecule has 1 fully saturated rings. The topological polar surface area (TPSA) is 71.2 Å². The minimum absolute atomic E-state index is 0.0579. The predicted octanol–water partition coefficient (Wildman–Crippen LogP) is 2.78. The zero-order chi connectivity index (χ0) is 16.9. The van der Waals surface area contributed by atoms with Crippen molar-refractivity contribution in [3.8, 4) is 0 Å². The summed E-state index contributed by atoms with van der Waals surface area (Å²) in [5, 5.41) is 3.03. The smallest absolute Gasteiger partial charge is 0.257 e. The maximum atomic E-state index is 13.3. The van der Waals surface area contributed by atoms with Gasteiger partial charge in [0.25, 0.3) is 5.91 Å². The summed E-state index contributed by atoms with van der Waals surface area (Å²) in [6.07, 6.45) is 3.46. The molecule has 126 valence electrons. The van der Waals surface area contributed by atoms with Crippen LogP contribution in [0.15, 0.2) is 42.6 Å². The molecule has 0 radical (unpaired) electrons. The number of carbonyl (C=O) groups excluding carboxylic acids is 1. The van der Waals surface area contributed by atoms with Gasteiger partial charge < -0.3 is 16.0 Å². The first-order chi connectivity index (χ1) is 11.7. The lowest BCUT2D eigenvalue weighted by atomic mass is 9.96. The van der Waals surface area contributed by atoms with Crippen molar-refractivity contribution in [3.63, 3.8) is 0 Å². The number of hydrogen-bond acceptors (Lipinski definition) is 4. The van der Waals surface area contributed by atoms with E-state index in [-0.39, 0.29) is 11.7 Å². The van der Waals surface area contributed by atoms with Crippen molar-refractivity contribution in [1.82, 2.24) is 9.88 Å². The third-order valence-corrected chi connectivity index (χ3v) is 4.36. The Balaban J connectivity index is 1.77. The van der Waals surface area contributed by atoms with E-state index >= 15 is 0 Å². The Kier molecular flexibility index (Phi) is 5.05. The number of nitrogens with zero attached hydrogens (tertiary/aromatic N) is 2. The van der Waals surface area contributed by atoms with Gasteiger partial charge in [-0.3, -0.25) is 4.79 Å². The van der Waals surface area contributed by atoms with Gasteiger partial charge in [-0.05, 0) is 55.6 Å². The van der Waals surface area contributed by atoms with Crippen LogP contribution in [0.2, 0.25) is 0 Å². The number of benzene rings is 1. The number of aromatic nitrogens is 1. The van der Waals surface area contributed by atoms with E-state index in [1.807, 2.05) is 4.90 Å². The van der Waals surface area contributed by atoms with Crippen LogP contribution in [-0.2, 0) is 0 Å². The van der Waals surface area contributed by atoms with E-state index in [2.05, 4.69) is 10.3 Å². The highest BCUT2D eigenvalue weighted by Crippen LogP contribution is 2.23. The third kappa shape index (κ3) is 3.71. The molecule has 0 atom stereocenters. The van der Waals surface area contributed by atoms with Gasteiger partial charge in [0.1, 0.15) is 11.6 Å². The largest absolute Gasteiger partial charge is 0.339 e. The molecule has 0 saturated carbocycles. The fourth-order valence-electron chi connectivity index (χ4n) is 2.92. The van der Waals surface area contributed by atoms with Gasteiger partial charge in [0.15, 0.2) is 0 Å². The number of amides is 1. The molecule has 3 rings (SSSR count). The maximum absolute atomic E-state index is 13.3. The first kappa shape index (κ1) is 16.4. The lowest BCUT2D eigenvalue weighted by molar-refractivity contribution is 0.0694. The van der Waals surface area contributed by atoms with E-state index in [1.54, 1.807) is 30.5 Å². The summed E-state index contributed by atoms with van der Waals surface area (Å²) < 4.78 is 13.3. The van der Waals surface area contributed by atoms with Gasteiger partial charge >= 0.3 is 0 Å². The van der Waals surface area contributed by atoms with Gasteiger partial charge in [-0.2, -0.15) is 0 Å². The zero-order valence-electron chi connectivity index (χ0n) is 13.4. The van der Waals surface area contributed by atoms with Gasteiger partial charge in [0, 0.05) is 25.0 Å². The van der Waals surface area contributed by atoms with Crippen molar-refractivity contribution in [3.05, 3.63) is 54.0 Å². The molecule has 1 amide bonds. The summed E-state index contributed by atoms with van der Waals surface area (Å²) >= 11 is 0. The molecule has 0 spiro atoms. The molecule has 24 heavy (non-hydrogen) atoms. The Morgan fingerprint density at radius 1 is 1.29 bits per heavy atom. The Hall–Kier alpha value is -2.47. The van der Waals surface area contributed by atoms with Crippen LogP contribution >= 0.6 is 0 Å². The second-order valence-electron chi connectivity index (χ2n) is 6.01. The van der Waals surface area contributed by atoms with E-state index in [4.69, 9.17) is 5.73 Å². The maximum Gasteiger partial charge on any atom is 0.257 e. The number of hydrogen-bond donors (Lipinski definition) is 2. The van der Waals surface area contributed by atoms with Gasteiger partial charge in [-0.25, -0.2) is 9.37 Å². The Bertz CT molecular complexity index is 714. The highest BCUT2D eigenvalue weighted by Gasteiger charge is 2.24. The van der Waals surface area contributed by atoms with Crippen LogP contribution in [-0.4, -0.2) is 35.4 Å². The van der Waals surface area contributed by atoms with Crippen molar-refractivity contribution < 1.29 is 9.18 Å². The number of pyridine rings is 1. The predicted molar refractivity (Wildman–Crippen MR) is 91.6 cm³/mol. The SMILES string of the molecule is NCC1CCN(C(=O)c2cccnc2Nc2cccc(F)c2)CC1. The van der Waals surface area contributed by atoms with Gasteiger partial charge in [-0.1, -0.05) is 6.07 Å². The lowest BCUT2D eigenvalue weighted by Gasteiger charge is -2.31. The van der Waals surface area contributed by atoms with Crippen LogP contribution in [0.25, 0.3) is 0 Å². The number of halogens is 1. The Labute approximate surface area is 140 Å². The summed E-state index contributed by atoms with van der Waals surface area (Å²) in [5.41, 5.74) is 6.76. The summed E-state index contributed by atoms with van der Waals surface area (Å²) in [4.78, 5) is 18.9. The van der Waals surface area contributed by atoms with Crippen LogP contribution in [0.4, 0.5) is 15.9 Å². The number of likely N-dealkylation sites (tertiary alicyclic amines) is 1. The van der Waals surface area contributed by atoms with E-state index in [0.717, 1.165) is 12.8 Å². The molecule has 0 aliphatic carbocycles.